The Morgan fingerprint density at radius 1 is 0.217 bits per heavy atom. The van der Waals surface area contributed by atoms with Gasteiger partial charge in [-0.25, -0.2) is 0 Å². The summed E-state index contributed by atoms with van der Waals surface area (Å²) in [6.07, 6.45) is 0. The molecular weight excluding hydrogens is 750 g/mol. The summed E-state index contributed by atoms with van der Waals surface area (Å²) in [5, 5.41) is 0. The second kappa shape index (κ2) is 13.9. The molecule has 0 saturated heterocycles. The molecule has 0 aliphatic carbocycles. The second-order valence-corrected chi connectivity index (χ2v) is 10.7. The van der Waals surface area contributed by atoms with E-state index in [0.717, 1.165) is 91.1 Å². The molecule has 0 aliphatic heterocycles. The van der Waals surface area contributed by atoms with Crippen molar-refractivity contribution in [2.75, 3.05) is 0 Å². The summed E-state index contributed by atoms with van der Waals surface area (Å²) >= 11 is 0. The minimum atomic E-state index is 0. The van der Waals surface area contributed by atoms with Crippen LogP contribution in [0.5, 0.6) is 0 Å². The average Bonchev–Trinajstić information content (AvgIpc) is 3.85. The van der Waals surface area contributed by atoms with Gasteiger partial charge in [0.1, 0.15) is 0 Å². The molecule has 10 heteroatoms. The Labute approximate surface area is 293 Å². The molecule has 8 aromatic heterocycles. The molecule has 0 aromatic carbocycles. The molecule has 8 nitrogen and oxygen atoms in total. The van der Waals surface area contributed by atoms with E-state index in [1.165, 1.54) is 0 Å². The fourth-order valence-electron chi connectivity index (χ4n) is 5.02. The third-order valence-corrected chi connectivity index (χ3v) is 7.25. The molecule has 0 unspecified atom stereocenters. The summed E-state index contributed by atoms with van der Waals surface area (Å²) < 4.78 is 0. The third kappa shape index (κ3) is 6.99. The van der Waals surface area contributed by atoms with Crippen molar-refractivity contribution >= 4 is 0 Å². The summed E-state index contributed by atoms with van der Waals surface area (Å²) in [6.45, 7) is 7.92. The molecule has 0 saturated carbocycles. The van der Waals surface area contributed by atoms with Gasteiger partial charge >= 0.3 is 0 Å². The first-order valence-electron chi connectivity index (χ1n) is 14.4. The molecule has 0 atom stereocenters. The number of aryl methyl sites for hydroxylation is 4. The number of hydrogen-bond acceptors (Lipinski definition) is 0. The van der Waals surface area contributed by atoms with Gasteiger partial charge in [0.25, 0.3) is 0 Å². The van der Waals surface area contributed by atoms with Crippen LogP contribution in [0, 0.1) is 27.7 Å². The van der Waals surface area contributed by atoms with Crippen LogP contribution in [0.15, 0.2) is 97.1 Å². The van der Waals surface area contributed by atoms with Crippen molar-refractivity contribution < 1.29 is 39.0 Å². The maximum Gasteiger partial charge on any atom is 0 e. The molecule has 0 N–H and O–H groups in total. The normalized spacial score (nSPS) is 10.7. The summed E-state index contributed by atoms with van der Waals surface area (Å²) in [6, 6.07) is 31.8. The van der Waals surface area contributed by atoms with Crippen LogP contribution in [-0.2, 0) is 39.0 Å². The fraction of sp³-hybridized carbons (Fsp3) is 0.111. The molecular formula is C36H28N8Rh2-8. The Balaban J connectivity index is 0.000000174. The van der Waals surface area contributed by atoms with Gasteiger partial charge in [0.05, 0.1) is 0 Å². The molecule has 0 amide bonds. The van der Waals surface area contributed by atoms with Crippen molar-refractivity contribution in [3.05, 3.63) is 120 Å². The quantitative estimate of drug-likeness (QED) is 0.182. The SMILES string of the molecule is Cc1ccc(-c2ccc(-c3ccc(-c4ccc(C)[n-]4)[n-]3)[n-]2)[n-]1.Cc1ccc(-c2ccc(-c3ccc(-c4ccc(C)[n-]4)[n-]3)[n-]2)[n-]1.[Rh].[Rh]. The van der Waals surface area contributed by atoms with E-state index in [0.29, 0.717) is 0 Å². The zero-order valence-electron chi connectivity index (χ0n) is 25.5. The van der Waals surface area contributed by atoms with Crippen LogP contribution < -0.4 is 39.9 Å². The van der Waals surface area contributed by atoms with Crippen molar-refractivity contribution in [1.29, 1.82) is 0 Å². The molecule has 0 spiro atoms. The molecule has 2 radical (unpaired) electrons. The third-order valence-electron chi connectivity index (χ3n) is 7.25. The van der Waals surface area contributed by atoms with Gasteiger partial charge in [0.2, 0.25) is 0 Å². The van der Waals surface area contributed by atoms with Crippen LogP contribution in [0.25, 0.3) is 68.3 Å². The summed E-state index contributed by atoms with van der Waals surface area (Å²) in [4.78, 5) is 36.3. The number of nitrogens with zero attached hydrogens (tertiary/aromatic N) is 8. The van der Waals surface area contributed by atoms with Crippen molar-refractivity contribution in [3.8, 4) is 68.3 Å². The molecule has 0 fully saturated rings. The van der Waals surface area contributed by atoms with Crippen LogP contribution in [-0.4, -0.2) is 0 Å². The average molecular weight is 778 g/mol. The van der Waals surface area contributed by atoms with Crippen LogP contribution in [0.4, 0.5) is 0 Å². The van der Waals surface area contributed by atoms with Crippen LogP contribution in [0.3, 0.4) is 0 Å². The van der Waals surface area contributed by atoms with Gasteiger partial charge in [-0.2, -0.15) is 91.1 Å². The Morgan fingerprint density at radius 3 is 0.478 bits per heavy atom. The Bertz CT molecular complexity index is 1840. The van der Waals surface area contributed by atoms with E-state index in [1.807, 2.05) is 125 Å². The predicted molar refractivity (Wildman–Crippen MR) is 171 cm³/mol. The first-order chi connectivity index (χ1) is 21.4. The molecule has 0 aliphatic rings. The fourth-order valence-corrected chi connectivity index (χ4v) is 5.02. The Hall–Kier alpha value is -4.51. The molecule has 238 valence electrons. The maximum absolute atomic E-state index is 4.63. The Kier molecular flexibility index (Phi) is 9.90. The number of aromatic nitrogens is 8. The molecule has 8 rings (SSSR count). The van der Waals surface area contributed by atoms with Gasteiger partial charge in [-0.05, 0) is 0 Å². The number of rotatable bonds is 6. The monoisotopic (exact) mass is 778 g/mol. The zero-order chi connectivity index (χ0) is 30.2. The summed E-state index contributed by atoms with van der Waals surface area (Å²) in [7, 11) is 0. The van der Waals surface area contributed by atoms with E-state index in [4.69, 9.17) is 0 Å². The van der Waals surface area contributed by atoms with Gasteiger partial charge < -0.3 is 39.9 Å². The maximum atomic E-state index is 4.63. The van der Waals surface area contributed by atoms with Gasteiger partial charge in [-0.1, -0.05) is 125 Å². The van der Waals surface area contributed by atoms with Crippen LogP contribution in [0.1, 0.15) is 22.8 Å². The van der Waals surface area contributed by atoms with E-state index in [1.54, 1.807) is 0 Å². The summed E-state index contributed by atoms with van der Waals surface area (Å²) in [5.41, 5.74) is 14.6. The molecule has 8 heterocycles. The minimum Gasteiger partial charge on any atom is -0.662 e. The minimum absolute atomic E-state index is 0. The van der Waals surface area contributed by atoms with E-state index in [2.05, 4.69) is 39.9 Å². The number of hydrogen-bond donors (Lipinski definition) is 0. The van der Waals surface area contributed by atoms with Crippen molar-refractivity contribution in [3.63, 3.8) is 0 Å². The van der Waals surface area contributed by atoms with Gasteiger partial charge in [-0.15, -0.1) is 0 Å². The predicted octanol–water partition coefficient (Wildman–Crippen LogP) is 6.26. The van der Waals surface area contributed by atoms with Gasteiger partial charge in [0.15, 0.2) is 0 Å². The largest absolute Gasteiger partial charge is 0.662 e. The summed E-state index contributed by atoms with van der Waals surface area (Å²) in [5.74, 6) is 0. The first-order valence-corrected chi connectivity index (χ1v) is 14.4. The van der Waals surface area contributed by atoms with E-state index >= 15 is 0 Å². The Morgan fingerprint density at radius 2 is 0.348 bits per heavy atom. The van der Waals surface area contributed by atoms with Crippen molar-refractivity contribution in [1.82, 2.24) is 39.9 Å². The molecule has 0 bridgehead atoms. The smallest absolute Gasteiger partial charge is 0 e. The van der Waals surface area contributed by atoms with E-state index in [9.17, 15) is 0 Å². The van der Waals surface area contributed by atoms with Crippen molar-refractivity contribution in [2.45, 2.75) is 27.7 Å². The van der Waals surface area contributed by atoms with E-state index < -0.39 is 0 Å². The van der Waals surface area contributed by atoms with Crippen LogP contribution in [0.2, 0.25) is 0 Å². The molecule has 8 aromatic rings. The first kappa shape index (κ1) is 32.9. The van der Waals surface area contributed by atoms with Crippen molar-refractivity contribution in [2.24, 2.45) is 0 Å². The molecule has 46 heavy (non-hydrogen) atoms. The van der Waals surface area contributed by atoms with Gasteiger partial charge in [0, 0.05) is 39.0 Å². The standard InChI is InChI=1S/2C18H14N4.2Rh/c2*1-11-3-5-13(19-11)15-7-9-17(21-15)18-10-8-16(22-18)14-6-4-12(2)20-14;;/h2*3-10H,1-2H3;;/q2*-4;;. The zero-order valence-corrected chi connectivity index (χ0v) is 28.8. The van der Waals surface area contributed by atoms with Crippen LogP contribution >= 0.6 is 0 Å². The topological polar surface area (TPSA) is 113 Å². The van der Waals surface area contributed by atoms with Gasteiger partial charge in [-0.3, -0.25) is 0 Å². The van der Waals surface area contributed by atoms with E-state index in [-0.39, 0.29) is 39.0 Å². The second-order valence-electron chi connectivity index (χ2n) is 10.7.